The van der Waals surface area contributed by atoms with Crippen molar-refractivity contribution in [3.8, 4) is 17.2 Å². The maximum Gasteiger partial charge on any atom is 0.132 e. The molecule has 0 aliphatic heterocycles. The van der Waals surface area contributed by atoms with Gasteiger partial charge in [0.05, 0.1) is 6.61 Å². The maximum absolute atomic E-state index is 13.3. The smallest absolute Gasteiger partial charge is 0.132 e. The molecule has 20 heavy (non-hydrogen) atoms. The van der Waals surface area contributed by atoms with Crippen molar-refractivity contribution < 1.29 is 13.9 Å². The number of hydrogen-bond acceptors (Lipinski definition) is 3. The topological polar surface area (TPSA) is 44.5 Å². The fourth-order valence-corrected chi connectivity index (χ4v) is 1.87. The van der Waals surface area contributed by atoms with Gasteiger partial charge < -0.3 is 15.2 Å². The van der Waals surface area contributed by atoms with Crippen molar-refractivity contribution >= 4 is 0 Å². The van der Waals surface area contributed by atoms with Gasteiger partial charge in [-0.1, -0.05) is 0 Å². The molecule has 2 aromatic carbocycles. The lowest BCUT2D eigenvalue weighted by molar-refractivity contribution is 0.339. The summed E-state index contributed by atoms with van der Waals surface area (Å²) in [5, 5.41) is 0. The Morgan fingerprint density at radius 2 is 1.75 bits per heavy atom. The second kappa shape index (κ2) is 6.39. The van der Waals surface area contributed by atoms with Crippen LogP contribution in [0, 0.1) is 5.82 Å². The second-order valence-corrected chi connectivity index (χ2v) is 4.48. The third kappa shape index (κ3) is 3.48. The molecule has 2 aromatic rings. The summed E-state index contributed by atoms with van der Waals surface area (Å²) in [6.07, 6.45) is 0. The molecule has 0 spiro atoms. The third-order valence-electron chi connectivity index (χ3n) is 2.82. The average Bonchev–Trinajstić information content (AvgIpc) is 2.43. The Hall–Kier alpha value is -2.07. The lowest BCUT2D eigenvalue weighted by Crippen LogP contribution is -2.07. The zero-order chi connectivity index (χ0) is 14.5. The Morgan fingerprint density at radius 3 is 2.35 bits per heavy atom. The van der Waals surface area contributed by atoms with Crippen LogP contribution in [0.15, 0.2) is 42.5 Å². The van der Waals surface area contributed by atoms with E-state index in [-0.39, 0.29) is 11.9 Å². The molecule has 3 nitrogen and oxygen atoms in total. The predicted molar refractivity (Wildman–Crippen MR) is 76.7 cm³/mol. The van der Waals surface area contributed by atoms with Crippen LogP contribution in [0.5, 0.6) is 17.2 Å². The summed E-state index contributed by atoms with van der Waals surface area (Å²) >= 11 is 0. The second-order valence-electron chi connectivity index (χ2n) is 4.48. The SMILES string of the molecule is CCOc1ccc(Oc2ccc(F)cc2[C@@H](C)N)cc1. The van der Waals surface area contributed by atoms with Gasteiger partial charge in [-0.05, 0) is 56.3 Å². The molecule has 0 aromatic heterocycles. The van der Waals surface area contributed by atoms with Crippen LogP contribution in [0.3, 0.4) is 0 Å². The fourth-order valence-electron chi connectivity index (χ4n) is 1.87. The summed E-state index contributed by atoms with van der Waals surface area (Å²) in [5.41, 5.74) is 6.47. The van der Waals surface area contributed by atoms with E-state index in [1.54, 1.807) is 25.1 Å². The normalized spacial score (nSPS) is 12.0. The number of benzene rings is 2. The Morgan fingerprint density at radius 1 is 1.10 bits per heavy atom. The van der Waals surface area contributed by atoms with Crippen molar-refractivity contribution in [3.05, 3.63) is 53.8 Å². The first-order valence-corrected chi connectivity index (χ1v) is 6.56. The van der Waals surface area contributed by atoms with Gasteiger partial charge in [-0.15, -0.1) is 0 Å². The fraction of sp³-hybridized carbons (Fsp3) is 0.250. The largest absolute Gasteiger partial charge is 0.494 e. The van der Waals surface area contributed by atoms with E-state index in [2.05, 4.69) is 0 Å². The van der Waals surface area contributed by atoms with E-state index in [1.165, 1.54) is 12.1 Å². The molecule has 4 heteroatoms. The Bertz CT molecular complexity index is 567. The van der Waals surface area contributed by atoms with Gasteiger partial charge in [0.1, 0.15) is 23.1 Å². The van der Waals surface area contributed by atoms with Gasteiger partial charge in [-0.3, -0.25) is 0 Å². The first-order valence-electron chi connectivity index (χ1n) is 6.56. The van der Waals surface area contributed by atoms with Crippen LogP contribution in [0.1, 0.15) is 25.5 Å². The van der Waals surface area contributed by atoms with Gasteiger partial charge >= 0.3 is 0 Å². The minimum Gasteiger partial charge on any atom is -0.494 e. The van der Waals surface area contributed by atoms with Crippen LogP contribution in [-0.2, 0) is 0 Å². The lowest BCUT2D eigenvalue weighted by Gasteiger charge is -2.14. The highest BCUT2D eigenvalue weighted by atomic mass is 19.1. The molecule has 1 atom stereocenters. The minimum atomic E-state index is -0.323. The van der Waals surface area contributed by atoms with E-state index in [0.717, 1.165) is 5.75 Å². The van der Waals surface area contributed by atoms with Gasteiger partial charge in [0.25, 0.3) is 0 Å². The first kappa shape index (κ1) is 14.3. The summed E-state index contributed by atoms with van der Waals surface area (Å²) in [5.74, 6) is 1.68. The van der Waals surface area contributed by atoms with Crippen molar-refractivity contribution in [2.45, 2.75) is 19.9 Å². The van der Waals surface area contributed by atoms with Crippen LogP contribution in [0.25, 0.3) is 0 Å². The van der Waals surface area contributed by atoms with Gasteiger partial charge in [-0.2, -0.15) is 0 Å². The standard InChI is InChI=1S/C16H18FNO2/c1-3-19-13-5-7-14(8-6-13)20-16-9-4-12(17)10-15(16)11(2)18/h4-11H,3,18H2,1-2H3/t11-/m1/s1. The molecule has 0 aliphatic carbocycles. The summed E-state index contributed by atoms with van der Waals surface area (Å²) in [4.78, 5) is 0. The monoisotopic (exact) mass is 275 g/mol. The zero-order valence-corrected chi connectivity index (χ0v) is 11.6. The molecular weight excluding hydrogens is 257 g/mol. The van der Waals surface area contributed by atoms with Gasteiger partial charge in [0.2, 0.25) is 0 Å². The van der Waals surface area contributed by atoms with Crippen molar-refractivity contribution in [1.82, 2.24) is 0 Å². The molecular formula is C16H18FNO2. The molecule has 0 heterocycles. The number of hydrogen-bond donors (Lipinski definition) is 1. The van der Waals surface area contributed by atoms with Gasteiger partial charge in [0.15, 0.2) is 0 Å². The summed E-state index contributed by atoms with van der Waals surface area (Å²) in [6, 6.07) is 11.3. The van der Waals surface area contributed by atoms with E-state index < -0.39 is 0 Å². The number of halogens is 1. The van der Waals surface area contributed by atoms with E-state index in [0.29, 0.717) is 23.7 Å². The molecule has 0 saturated heterocycles. The van der Waals surface area contributed by atoms with Gasteiger partial charge in [-0.25, -0.2) is 4.39 Å². The number of ether oxygens (including phenoxy) is 2. The van der Waals surface area contributed by atoms with E-state index >= 15 is 0 Å². The van der Waals surface area contributed by atoms with Crippen LogP contribution in [0.2, 0.25) is 0 Å². The van der Waals surface area contributed by atoms with Crippen LogP contribution in [-0.4, -0.2) is 6.61 Å². The van der Waals surface area contributed by atoms with Crippen LogP contribution < -0.4 is 15.2 Å². The number of rotatable bonds is 5. The van der Waals surface area contributed by atoms with Crippen LogP contribution >= 0.6 is 0 Å². The first-order chi connectivity index (χ1) is 9.60. The summed E-state index contributed by atoms with van der Waals surface area (Å²) in [6.45, 7) is 4.34. The van der Waals surface area contributed by atoms with Crippen molar-refractivity contribution in [2.75, 3.05) is 6.61 Å². The Balaban J connectivity index is 2.21. The molecule has 0 fully saturated rings. The van der Waals surface area contributed by atoms with Gasteiger partial charge in [0, 0.05) is 11.6 Å². The van der Waals surface area contributed by atoms with E-state index in [4.69, 9.17) is 15.2 Å². The molecule has 2 rings (SSSR count). The molecule has 2 N–H and O–H groups in total. The average molecular weight is 275 g/mol. The highest BCUT2D eigenvalue weighted by Gasteiger charge is 2.10. The minimum absolute atomic E-state index is 0.302. The maximum atomic E-state index is 13.3. The van der Waals surface area contributed by atoms with E-state index in [9.17, 15) is 4.39 Å². The zero-order valence-electron chi connectivity index (χ0n) is 11.6. The molecule has 0 saturated carbocycles. The molecule has 0 amide bonds. The molecule has 0 aliphatic rings. The molecule has 106 valence electrons. The summed E-state index contributed by atoms with van der Waals surface area (Å²) in [7, 11) is 0. The predicted octanol–water partition coefficient (Wildman–Crippen LogP) is 4.04. The quantitative estimate of drug-likeness (QED) is 0.895. The van der Waals surface area contributed by atoms with Crippen molar-refractivity contribution in [2.24, 2.45) is 5.73 Å². The molecule has 0 unspecified atom stereocenters. The third-order valence-corrected chi connectivity index (χ3v) is 2.82. The lowest BCUT2D eigenvalue weighted by atomic mass is 10.1. The number of nitrogens with two attached hydrogens (primary N) is 1. The van der Waals surface area contributed by atoms with E-state index in [1.807, 2.05) is 19.1 Å². The highest BCUT2D eigenvalue weighted by Crippen LogP contribution is 2.30. The Kier molecular flexibility index (Phi) is 4.58. The summed E-state index contributed by atoms with van der Waals surface area (Å²) < 4.78 is 24.4. The molecule has 0 radical (unpaired) electrons. The van der Waals surface area contributed by atoms with Crippen LogP contribution in [0.4, 0.5) is 4.39 Å². The van der Waals surface area contributed by atoms with Crippen molar-refractivity contribution in [1.29, 1.82) is 0 Å². The highest BCUT2D eigenvalue weighted by molar-refractivity contribution is 5.41. The van der Waals surface area contributed by atoms with Crippen molar-refractivity contribution in [3.63, 3.8) is 0 Å². The molecule has 0 bridgehead atoms. The Labute approximate surface area is 118 Å².